The van der Waals surface area contributed by atoms with Crippen molar-refractivity contribution in [2.24, 2.45) is 0 Å². The summed E-state index contributed by atoms with van der Waals surface area (Å²) in [6.45, 7) is 0.458. The van der Waals surface area contributed by atoms with Crippen molar-refractivity contribution in [2.45, 2.75) is 12.5 Å². The number of nitrogens with zero attached hydrogens (tertiary/aromatic N) is 3. The van der Waals surface area contributed by atoms with Gasteiger partial charge in [-0.15, -0.1) is 0 Å². The molecule has 2 aromatic rings. The molecule has 21 heavy (non-hydrogen) atoms. The minimum Gasteiger partial charge on any atom is -0.339 e. The molecule has 9 heteroatoms. The molecule has 1 aliphatic rings. The van der Waals surface area contributed by atoms with Gasteiger partial charge in [0, 0.05) is 29.7 Å². The second kappa shape index (κ2) is 5.82. The number of nitrogens with one attached hydrogen (secondary N) is 1. The Bertz CT molecular complexity index is 746. The van der Waals surface area contributed by atoms with Gasteiger partial charge in [-0.25, -0.2) is 8.42 Å². The van der Waals surface area contributed by atoms with Gasteiger partial charge in [-0.2, -0.15) is 4.98 Å². The molecule has 0 spiro atoms. The minimum atomic E-state index is -2.98. The Balaban J connectivity index is 1.75. The maximum Gasteiger partial charge on any atom is 0.228 e. The molecule has 3 rings (SSSR count). The molecule has 1 saturated heterocycles. The van der Waals surface area contributed by atoms with E-state index in [0.717, 1.165) is 4.47 Å². The summed E-state index contributed by atoms with van der Waals surface area (Å²) in [6, 6.07) is 3.45. The summed E-state index contributed by atoms with van der Waals surface area (Å²) in [7, 11) is -2.98. The van der Waals surface area contributed by atoms with E-state index >= 15 is 0 Å². The number of aromatic nitrogens is 3. The molecule has 1 aliphatic heterocycles. The Kier molecular flexibility index (Phi) is 4.05. The van der Waals surface area contributed by atoms with Crippen molar-refractivity contribution in [3.05, 3.63) is 28.7 Å². The highest BCUT2D eigenvalue weighted by Crippen LogP contribution is 2.23. The van der Waals surface area contributed by atoms with Gasteiger partial charge in [0.15, 0.2) is 9.84 Å². The van der Waals surface area contributed by atoms with E-state index in [1.54, 1.807) is 12.3 Å². The van der Waals surface area contributed by atoms with Crippen LogP contribution < -0.4 is 5.32 Å². The first-order valence-electron chi connectivity index (χ1n) is 6.41. The normalized spacial score (nSPS) is 21.3. The van der Waals surface area contributed by atoms with Gasteiger partial charge in [-0.05, 0) is 28.1 Å². The van der Waals surface area contributed by atoms with Gasteiger partial charge in [0.1, 0.15) is 5.69 Å². The Morgan fingerprint density at radius 3 is 3.10 bits per heavy atom. The molecule has 112 valence electrons. The van der Waals surface area contributed by atoms with Crippen LogP contribution in [0.4, 0.5) is 0 Å². The summed E-state index contributed by atoms with van der Waals surface area (Å²) >= 11 is 3.38. The van der Waals surface area contributed by atoms with E-state index in [4.69, 9.17) is 4.52 Å². The second-order valence-corrected chi connectivity index (χ2v) is 7.90. The van der Waals surface area contributed by atoms with Crippen molar-refractivity contribution < 1.29 is 12.9 Å². The molecule has 7 nitrogen and oxygen atoms in total. The second-order valence-electron chi connectivity index (χ2n) is 4.82. The molecule has 2 aromatic heterocycles. The first-order chi connectivity index (χ1) is 10.0. The number of pyridine rings is 1. The average Bonchev–Trinajstić information content (AvgIpc) is 2.86. The molecular formula is C12H13BrN4O3S. The van der Waals surface area contributed by atoms with Gasteiger partial charge < -0.3 is 9.84 Å². The van der Waals surface area contributed by atoms with E-state index in [-0.39, 0.29) is 17.5 Å². The number of rotatable bonds is 3. The first kappa shape index (κ1) is 14.6. The van der Waals surface area contributed by atoms with Crippen molar-refractivity contribution in [2.75, 3.05) is 18.1 Å². The zero-order valence-corrected chi connectivity index (χ0v) is 13.4. The fourth-order valence-electron chi connectivity index (χ4n) is 2.19. The molecule has 0 amide bonds. The van der Waals surface area contributed by atoms with Gasteiger partial charge >= 0.3 is 0 Å². The third-order valence-corrected chi connectivity index (χ3v) is 5.54. The fraction of sp³-hybridized carbons (Fsp3) is 0.417. The van der Waals surface area contributed by atoms with E-state index in [0.29, 0.717) is 30.4 Å². The topological polar surface area (TPSA) is 98.0 Å². The first-order valence-corrected chi connectivity index (χ1v) is 9.02. The minimum absolute atomic E-state index is 0.0952. The van der Waals surface area contributed by atoms with Crippen LogP contribution in [-0.2, 0) is 16.3 Å². The van der Waals surface area contributed by atoms with Gasteiger partial charge in [0.25, 0.3) is 0 Å². The highest BCUT2D eigenvalue weighted by atomic mass is 79.9. The predicted octanol–water partition coefficient (Wildman–Crippen LogP) is 0.823. The molecule has 0 saturated carbocycles. The van der Waals surface area contributed by atoms with Crippen molar-refractivity contribution in [1.29, 1.82) is 0 Å². The lowest BCUT2D eigenvalue weighted by atomic mass is 10.2. The third-order valence-electron chi connectivity index (χ3n) is 3.16. The molecule has 3 heterocycles. The maximum atomic E-state index is 11.6. The van der Waals surface area contributed by atoms with Crippen LogP contribution in [0.3, 0.4) is 0 Å². The van der Waals surface area contributed by atoms with Crippen LogP contribution in [0.1, 0.15) is 5.89 Å². The number of halogens is 1. The van der Waals surface area contributed by atoms with Crippen molar-refractivity contribution in [3.8, 4) is 11.5 Å². The molecule has 1 atom stereocenters. The van der Waals surface area contributed by atoms with Crippen LogP contribution >= 0.6 is 15.9 Å². The quantitative estimate of drug-likeness (QED) is 0.851. The number of hydrogen-bond donors (Lipinski definition) is 1. The monoisotopic (exact) mass is 372 g/mol. The van der Waals surface area contributed by atoms with Gasteiger partial charge in [-0.3, -0.25) is 4.98 Å². The fourth-order valence-corrected chi connectivity index (χ4v) is 4.07. The van der Waals surface area contributed by atoms with Crippen LogP contribution in [0, 0.1) is 0 Å². The van der Waals surface area contributed by atoms with Gasteiger partial charge in [-0.1, -0.05) is 5.16 Å². The highest BCUT2D eigenvalue weighted by Gasteiger charge is 2.26. The standard InChI is InChI=1S/C12H13BrN4O3S/c13-9-2-1-3-15-11(9)12-16-10(20-17-12)6-8-7-21(18,19)5-4-14-8/h1-3,8,14H,4-7H2. The van der Waals surface area contributed by atoms with Gasteiger partial charge in [0.05, 0.1) is 11.5 Å². The van der Waals surface area contributed by atoms with E-state index in [1.165, 1.54) is 0 Å². The predicted molar refractivity (Wildman–Crippen MR) is 79.4 cm³/mol. The zero-order chi connectivity index (χ0) is 14.9. The zero-order valence-electron chi connectivity index (χ0n) is 11.0. The summed E-state index contributed by atoms with van der Waals surface area (Å²) in [5.41, 5.74) is 0.594. The van der Waals surface area contributed by atoms with Crippen molar-refractivity contribution >= 4 is 25.8 Å². The molecule has 1 fully saturated rings. The molecule has 0 aliphatic carbocycles. The Morgan fingerprint density at radius 2 is 2.33 bits per heavy atom. The molecule has 1 N–H and O–H groups in total. The summed E-state index contributed by atoms with van der Waals surface area (Å²) < 4.78 is 29.2. The lowest BCUT2D eigenvalue weighted by molar-refractivity contribution is 0.361. The van der Waals surface area contributed by atoms with Gasteiger partial charge in [0.2, 0.25) is 11.7 Å². The molecule has 0 aromatic carbocycles. The Labute approximate surface area is 130 Å². The highest BCUT2D eigenvalue weighted by molar-refractivity contribution is 9.10. The summed E-state index contributed by atoms with van der Waals surface area (Å²) in [6.07, 6.45) is 2.03. The van der Waals surface area contributed by atoms with E-state index < -0.39 is 9.84 Å². The lowest BCUT2D eigenvalue weighted by Gasteiger charge is -2.21. The summed E-state index contributed by atoms with van der Waals surface area (Å²) in [4.78, 5) is 8.47. The van der Waals surface area contributed by atoms with Crippen molar-refractivity contribution in [3.63, 3.8) is 0 Å². The summed E-state index contributed by atoms with van der Waals surface area (Å²) in [5, 5.41) is 7.05. The lowest BCUT2D eigenvalue weighted by Crippen LogP contribution is -2.46. The smallest absolute Gasteiger partial charge is 0.228 e. The van der Waals surface area contributed by atoms with Crippen LogP contribution in [0.2, 0.25) is 0 Å². The number of sulfone groups is 1. The Morgan fingerprint density at radius 1 is 1.48 bits per heavy atom. The van der Waals surface area contributed by atoms with E-state index in [9.17, 15) is 8.42 Å². The van der Waals surface area contributed by atoms with Crippen LogP contribution in [-0.4, -0.2) is 47.6 Å². The molecule has 0 bridgehead atoms. The third kappa shape index (κ3) is 3.47. The molecule has 1 unspecified atom stereocenters. The SMILES string of the molecule is O=S1(=O)CCNC(Cc2nc(-c3ncccc3Br)no2)C1. The van der Waals surface area contributed by atoms with Crippen LogP contribution in [0.15, 0.2) is 27.3 Å². The van der Waals surface area contributed by atoms with Crippen LogP contribution in [0.5, 0.6) is 0 Å². The molecular weight excluding hydrogens is 360 g/mol. The Hall–Kier alpha value is -1.32. The molecule has 0 radical (unpaired) electrons. The van der Waals surface area contributed by atoms with E-state index in [2.05, 4.69) is 36.4 Å². The largest absolute Gasteiger partial charge is 0.339 e. The van der Waals surface area contributed by atoms with Crippen molar-refractivity contribution in [1.82, 2.24) is 20.4 Å². The van der Waals surface area contributed by atoms with Crippen LogP contribution in [0.25, 0.3) is 11.5 Å². The maximum absolute atomic E-state index is 11.6. The summed E-state index contributed by atoms with van der Waals surface area (Å²) in [5.74, 6) is 1.06. The number of hydrogen-bond acceptors (Lipinski definition) is 7. The van der Waals surface area contributed by atoms with E-state index in [1.807, 2.05) is 6.07 Å². The average molecular weight is 373 g/mol.